The first-order chi connectivity index (χ1) is 25.6. The minimum absolute atomic E-state index is 0.332. The van der Waals surface area contributed by atoms with Gasteiger partial charge in [-0.1, -0.05) is 178 Å². The Bertz CT molecular complexity index is 2580. The molecule has 9 aromatic rings. The summed E-state index contributed by atoms with van der Waals surface area (Å²) < 4.78 is 2.43. The molecule has 0 spiro atoms. The smallest absolute Gasteiger partial charge is 0.164 e. The van der Waals surface area contributed by atoms with Gasteiger partial charge < -0.3 is 4.57 Å². The first-order valence-corrected chi connectivity index (χ1v) is 17.7. The summed E-state index contributed by atoms with van der Waals surface area (Å²) in [6, 6.07) is 63.9. The van der Waals surface area contributed by atoms with Crippen LogP contribution in [0.5, 0.6) is 0 Å². The number of hydrogen-bond donors (Lipinski definition) is 0. The molecule has 0 unspecified atom stereocenters. The molecule has 0 N–H and O–H groups in total. The lowest BCUT2D eigenvalue weighted by atomic mass is 9.74. The third-order valence-corrected chi connectivity index (χ3v) is 10.2. The zero-order chi connectivity index (χ0) is 35.1. The summed E-state index contributed by atoms with van der Waals surface area (Å²) >= 11 is 0. The van der Waals surface area contributed by atoms with Crippen LogP contribution in [0.3, 0.4) is 0 Å². The molecule has 0 saturated carbocycles. The van der Waals surface area contributed by atoms with E-state index in [4.69, 9.17) is 15.0 Å². The van der Waals surface area contributed by atoms with E-state index >= 15 is 0 Å². The van der Waals surface area contributed by atoms with Crippen LogP contribution in [0.25, 0.3) is 72.8 Å². The van der Waals surface area contributed by atoms with E-state index in [2.05, 4.69) is 140 Å². The van der Waals surface area contributed by atoms with Crippen molar-refractivity contribution in [1.82, 2.24) is 19.5 Å². The molecule has 0 aliphatic carbocycles. The fourth-order valence-electron chi connectivity index (χ4n) is 7.54. The van der Waals surface area contributed by atoms with E-state index < -0.39 is 0 Å². The zero-order valence-corrected chi connectivity index (χ0v) is 29.1. The minimum atomic E-state index is -0.332. The Labute approximate surface area is 303 Å². The highest BCUT2D eigenvalue weighted by molar-refractivity contribution is 6.09. The van der Waals surface area contributed by atoms with Crippen LogP contribution in [0.2, 0.25) is 0 Å². The van der Waals surface area contributed by atoms with Crippen molar-refractivity contribution in [1.29, 1.82) is 0 Å². The van der Waals surface area contributed by atoms with Crippen molar-refractivity contribution < 1.29 is 0 Å². The fourth-order valence-corrected chi connectivity index (χ4v) is 7.54. The lowest BCUT2D eigenvalue weighted by molar-refractivity contribution is 0.639. The van der Waals surface area contributed by atoms with Gasteiger partial charge in [0.15, 0.2) is 17.5 Å². The highest BCUT2D eigenvalue weighted by Crippen LogP contribution is 2.42. The van der Waals surface area contributed by atoms with Crippen LogP contribution < -0.4 is 0 Å². The highest BCUT2D eigenvalue weighted by Gasteiger charge is 2.30. The van der Waals surface area contributed by atoms with E-state index in [1.54, 1.807) is 0 Å². The van der Waals surface area contributed by atoms with E-state index in [9.17, 15) is 0 Å². The van der Waals surface area contributed by atoms with Gasteiger partial charge >= 0.3 is 0 Å². The van der Waals surface area contributed by atoms with Crippen molar-refractivity contribution >= 4 is 21.8 Å². The third kappa shape index (κ3) is 5.46. The molecule has 248 valence electrons. The second kappa shape index (κ2) is 12.9. The van der Waals surface area contributed by atoms with Crippen LogP contribution in [-0.4, -0.2) is 19.5 Å². The van der Waals surface area contributed by atoms with Gasteiger partial charge in [-0.25, -0.2) is 15.0 Å². The van der Waals surface area contributed by atoms with Gasteiger partial charge in [-0.2, -0.15) is 0 Å². The van der Waals surface area contributed by atoms with Crippen molar-refractivity contribution in [3.63, 3.8) is 0 Å². The summed E-state index contributed by atoms with van der Waals surface area (Å²) in [7, 11) is 0. The van der Waals surface area contributed by atoms with E-state index in [1.165, 1.54) is 44.2 Å². The molecule has 0 atom stereocenters. The second-order valence-electron chi connectivity index (χ2n) is 13.7. The molecule has 4 heteroatoms. The molecule has 0 radical (unpaired) electrons. The molecule has 0 bridgehead atoms. The third-order valence-electron chi connectivity index (χ3n) is 10.2. The maximum Gasteiger partial charge on any atom is 0.164 e. The highest BCUT2D eigenvalue weighted by atomic mass is 15.0. The molecule has 0 aliphatic heterocycles. The lowest BCUT2D eigenvalue weighted by Crippen LogP contribution is -2.22. The van der Waals surface area contributed by atoms with Crippen molar-refractivity contribution in [2.45, 2.75) is 19.3 Å². The predicted octanol–water partition coefficient (Wildman–Crippen LogP) is 12.0. The molecular weight excluding hydrogens is 633 g/mol. The maximum atomic E-state index is 4.95. The molecule has 0 amide bonds. The van der Waals surface area contributed by atoms with Gasteiger partial charge in [0.05, 0.1) is 16.7 Å². The second-order valence-corrected chi connectivity index (χ2v) is 13.7. The van der Waals surface area contributed by atoms with E-state index in [1.807, 2.05) is 60.7 Å². The van der Waals surface area contributed by atoms with Crippen molar-refractivity contribution in [3.05, 3.63) is 193 Å². The Morgan fingerprint density at radius 3 is 1.33 bits per heavy atom. The predicted molar refractivity (Wildman–Crippen MR) is 214 cm³/mol. The molecule has 9 rings (SSSR count). The minimum Gasteiger partial charge on any atom is -0.309 e. The summed E-state index contributed by atoms with van der Waals surface area (Å²) in [6.45, 7) is 4.68. The van der Waals surface area contributed by atoms with Crippen LogP contribution >= 0.6 is 0 Å². The van der Waals surface area contributed by atoms with Crippen LogP contribution in [0, 0.1) is 0 Å². The molecule has 0 fully saturated rings. The Balaban J connectivity index is 1.13. The average molecular weight is 669 g/mol. The summed E-state index contributed by atoms with van der Waals surface area (Å²) in [5.74, 6) is 1.96. The Morgan fingerprint density at radius 1 is 0.365 bits per heavy atom. The fraction of sp³-hybridized carbons (Fsp3) is 0.0625. The standard InChI is InChI=1S/C48H36N4/c1-48(2,41-25-13-16-28-44(41)52-42-26-14-10-22-38(42)39-23-11-15-27-43(39)52)40-24-12-9-21-37(40)33-29-31-36(32-30-33)47-50-45(34-17-5-3-6-18-34)49-46(51-47)35-19-7-4-8-20-35/h3-32H,1-2H3. The average Bonchev–Trinajstić information content (AvgIpc) is 3.56. The van der Waals surface area contributed by atoms with Crippen LogP contribution in [-0.2, 0) is 5.41 Å². The maximum absolute atomic E-state index is 4.95. The molecule has 0 saturated heterocycles. The topological polar surface area (TPSA) is 43.6 Å². The number of fused-ring (bicyclic) bond motifs is 3. The zero-order valence-electron chi connectivity index (χ0n) is 29.1. The van der Waals surface area contributed by atoms with Gasteiger partial charge in [-0.05, 0) is 40.5 Å². The number of rotatable bonds is 7. The molecule has 0 aliphatic rings. The molecule has 2 aromatic heterocycles. The van der Waals surface area contributed by atoms with Gasteiger partial charge in [-0.15, -0.1) is 0 Å². The van der Waals surface area contributed by atoms with E-state index in [0.717, 1.165) is 22.3 Å². The molecule has 7 aromatic carbocycles. The van der Waals surface area contributed by atoms with Gasteiger partial charge in [-0.3, -0.25) is 0 Å². The normalized spacial score (nSPS) is 11.7. The van der Waals surface area contributed by atoms with Crippen LogP contribution in [0.4, 0.5) is 0 Å². The Kier molecular flexibility index (Phi) is 7.78. The summed E-state index contributed by atoms with van der Waals surface area (Å²) in [6.07, 6.45) is 0. The summed E-state index contributed by atoms with van der Waals surface area (Å²) in [5.41, 5.74) is 11.0. The van der Waals surface area contributed by atoms with E-state index in [0.29, 0.717) is 17.5 Å². The SMILES string of the molecule is CC(C)(c1ccccc1-c1ccc(-c2nc(-c3ccccc3)nc(-c3ccccc3)n2)cc1)c1ccccc1-n1c2ccccc2c2ccccc21. The van der Waals surface area contributed by atoms with Crippen molar-refractivity contribution in [2.75, 3.05) is 0 Å². The molecule has 52 heavy (non-hydrogen) atoms. The van der Waals surface area contributed by atoms with Crippen LogP contribution in [0.15, 0.2) is 182 Å². The molecule has 2 heterocycles. The van der Waals surface area contributed by atoms with Crippen LogP contribution in [0.1, 0.15) is 25.0 Å². The first kappa shape index (κ1) is 31.3. The largest absolute Gasteiger partial charge is 0.309 e. The van der Waals surface area contributed by atoms with Gasteiger partial charge in [0.2, 0.25) is 0 Å². The Morgan fingerprint density at radius 2 is 0.769 bits per heavy atom. The van der Waals surface area contributed by atoms with Gasteiger partial charge in [0, 0.05) is 32.9 Å². The monoisotopic (exact) mass is 668 g/mol. The van der Waals surface area contributed by atoms with Crippen molar-refractivity contribution in [2.24, 2.45) is 0 Å². The summed E-state index contributed by atoms with van der Waals surface area (Å²) in [5, 5.41) is 2.52. The Hall–Kier alpha value is -6.65. The number of para-hydroxylation sites is 3. The molecule has 4 nitrogen and oxygen atoms in total. The van der Waals surface area contributed by atoms with Gasteiger partial charge in [0.25, 0.3) is 0 Å². The number of nitrogens with zero attached hydrogens (tertiary/aromatic N) is 4. The lowest BCUT2D eigenvalue weighted by Gasteiger charge is -2.31. The molecular formula is C48H36N4. The van der Waals surface area contributed by atoms with Gasteiger partial charge in [0.1, 0.15) is 0 Å². The van der Waals surface area contributed by atoms with E-state index in [-0.39, 0.29) is 5.41 Å². The quantitative estimate of drug-likeness (QED) is 0.170. The summed E-state index contributed by atoms with van der Waals surface area (Å²) in [4.78, 5) is 14.8. The number of aromatic nitrogens is 4. The number of benzene rings is 7. The first-order valence-electron chi connectivity index (χ1n) is 17.7. The van der Waals surface area contributed by atoms with Crippen molar-refractivity contribution in [3.8, 4) is 51.0 Å². The number of hydrogen-bond acceptors (Lipinski definition) is 3.